The van der Waals surface area contributed by atoms with Crippen molar-refractivity contribution in [2.24, 2.45) is 11.7 Å². The average molecular weight is 202 g/mol. The van der Waals surface area contributed by atoms with Crippen LogP contribution >= 0.6 is 11.6 Å². The Kier molecular flexibility index (Phi) is 3.28. The van der Waals surface area contributed by atoms with Gasteiger partial charge >= 0.3 is 0 Å². The first-order chi connectivity index (χ1) is 6.02. The van der Waals surface area contributed by atoms with Crippen LogP contribution in [0.2, 0.25) is 5.02 Å². The summed E-state index contributed by atoms with van der Waals surface area (Å²) >= 11 is 5.89. The summed E-state index contributed by atoms with van der Waals surface area (Å²) in [6, 6.07) is 4.06. The summed E-state index contributed by atoms with van der Waals surface area (Å²) in [5.74, 6) is -0.0465. The maximum absolute atomic E-state index is 12.9. The Morgan fingerprint density at radius 3 is 2.54 bits per heavy atom. The molecule has 0 amide bonds. The Labute approximate surface area is 82.7 Å². The third kappa shape index (κ3) is 2.42. The van der Waals surface area contributed by atoms with Gasteiger partial charge in [0.1, 0.15) is 5.82 Å². The van der Waals surface area contributed by atoms with Crippen LogP contribution in [0.15, 0.2) is 18.2 Å². The molecule has 0 radical (unpaired) electrons. The van der Waals surface area contributed by atoms with Crippen LogP contribution in [0.25, 0.3) is 0 Å². The van der Waals surface area contributed by atoms with Gasteiger partial charge in [0.25, 0.3) is 0 Å². The first-order valence-corrected chi connectivity index (χ1v) is 4.60. The zero-order chi connectivity index (χ0) is 10.0. The minimum atomic E-state index is -0.296. The van der Waals surface area contributed by atoms with Crippen molar-refractivity contribution in [1.29, 1.82) is 0 Å². The lowest BCUT2D eigenvalue weighted by atomic mass is 9.97. The largest absolute Gasteiger partial charge is 0.324 e. The van der Waals surface area contributed by atoms with Gasteiger partial charge in [0.05, 0.1) is 0 Å². The van der Waals surface area contributed by atoms with Gasteiger partial charge in [-0.3, -0.25) is 0 Å². The van der Waals surface area contributed by atoms with Crippen LogP contribution in [-0.2, 0) is 0 Å². The van der Waals surface area contributed by atoms with Gasteiger partial charge in [0.15, 0.2) is 0 Å². The summed E-state index contributed by atoms with van der Waals surface area (Å²) in [5, 5.41) is 0.530. The fourth-order valence-corrected chi connectivity index (χ4v) is 1.37. The molecule has 0 spiro atoms. The number of hydrogen-bond acceptors (Lipinski definition) is 1. The van der Waals surface area contributed by atoms with Crippen LogP contribution in [0.4, 0.5) is 4.39 Å². The fraction of sp³-hybridized carbons (Fsp3) is 0.400. The number of nitrogens with two attached hydrogens (primary N) is 1. The maximum Gasteiger partial charge on any atom is 0.123 e. The lowest BCUT2D eigenvalue weighted by Gasteiger charge is -2.17. The highest BCUT2D eigenvalue weighted by Crippen LogP contribution is 2.26. The predicted molar refractivity (Wildman–Crippen MR) is 53.2 cm³/mol. The van der Waals surface area contributed by atoms with E-state index in [1.807, 2.05) is 13.8 Å². The molecular formula is C10H13ClFN. The number of benzene rings is 1. The van der Waals surface area contributed by atoms with E-state index in [-0.39, 0.29) is 17.8 Å². The zero-order valence-corrected chi connectivity index (χ0v) is 8.48. The molecule has 72 valence electrons. The molecule has 0 heterocycles. The average Bonchev–Trinajstić information content (AvgIpc) is 2.08. The molecule has 2 N–H and O–H groups in total. The molecule has 0 fully saturated rings. The number of rotatable bonds is 2. The zero-order valence-electron chi connectivity index (χ0n) is 7.72. The van der Waals surface area contributed by atoms with Crippen LogP contribution in [0.3, 0.4) is 0 Å². The van der Waals surface area contributed by atoms with E-state index in [2.05, 4.69) is 0 Å². The number of hydrogen-bond donors (Lipinski definition) is 1. The lowest BCUT2D eigenvalue weighted by Crippen LogP contribution is -2.17. The molecule has 1 atom stereocenters. The molecule has 0 saturated heterocycles. The topological polar surface area (TPSA) is 26.0 Å². The lowest BCUT2D eigenvalue weighted by molar-refractivity contribution is 0.510. The van der Waals surface area contributed by atoms with Crippen molar-refractivity contribution in [2.45, 2.75) is 19.9 Å². The van der Waals surface area contributed by atoms with E-state index in [1.54, 1.807) is 0 Å². The Bertz CT molecular complexity index is 299. The summed E-state index contributed by atoms with van der Waals surface area (Å²) in [6.07, 6.45) is 0. The Balaban J connectivity index is 3.05. The molecule has 1 aromatic rings. The van der Waals surface area contributed by atoms with Crippen molar-refractivity contribution in [1.82, 2.24) is 0 Å². The summed E-state index contributed by atoms with van der Waals surface area (Å²) in [4.78, 5) is 0. The van der Waals surface area contributed by atoms with Crippen molar-refractivity contribution >= 4 is 11.6 Å². The van der Waals surface area contributed by atoms with Gasteiger partial charge in [-0.2, -0.15) is 0 Å². The van der Waals surface area contributed by atoms with Crippen LogP contribution in [0.1, 0.15) is 25.5 Å². The van der Waals surface area contributed by atoms with E-state index in [1.165, 1.54) is 18.2 Å². The molecule has 0 unspecified atom stereocenters. The molecule has 13 heavy (non-hydrogen) atoms. The van der Waals surface area contributed by atoms with Gasteiger partial charge in [-0.25, -0.2) is 4.39 Å². The molecule has 3 heteroatoms. The van der Waals surface area contributed by atoms with Gasteiger partial charge < -0.3 is 5.73 Å². The fourth-order valence-electron chi connectivity index (χ4n) is 1.13. The summed E-state index contributed by atoms with van der Waals surface area (Å²) in [7, 11) is 0. The van der Waals surface area contributed by atoms with Crippen molar-refractivity contribution in [2.75, 3.05) is 0 Å². The van der Waals surface area contributed by atoms with E-state index in [0.29, 0.717) is 10.6 Å². The Morgan fingerprint density at radius 2 is 2.00 bits per heavy atom. The van der Waals surface area contributed by atoms with Gasteiger partial charge in [-0.15, -0.1) is 0 Å². The monoisotopic (exact) mass is 201 g/mol. The minimum Gasteiger partial charge on any atom is -0.324 e. The highest BCUT2D eigenvalue weighted by Gasteiger charge is 2.14. The summed E-state index contributed by atoms with van der Waals surface area (Å²) in [6.45, 7) is 3.96. The molecular weight excluding hydrogens is 189 g/mol. The molecule has 1 rings (SSSR count). The predicted octanol–water partition coefficient (Wildman–Crippen LogP) is 3.13. The van der Waals surface area contributed by atoms with Gasteiger partial charge in [0, 0.05) is 11.1 Å². The standard InChI is InChI=1S/C10H13ClFN/c1-6(2)10(13)8-5-7(12)3-4-9(8)11/h3-6,10H,13H2,1-2H3/t10-/m0/s1. The van der Waals surface area contributed by atoms with Gasteiger partial charge in [-0.1, -0.05) is 25.4 Å². The first-order valence-electron chi connectivity index (χ1n) is 4.23. The van der Waals surface area contributed by atoms with Crippen LogP contribution in [0.5, 0.6) is 0 Å². The highest BCUT2D eigenvalue weighted by molar-refractivity contribution is 6.31. The van der Waals surface area contributed by atoms with E-state index in [4.69, 9.17) is 17.3 Å². The summed E-state index contributed by atoms with van der Waals surface area (Å²) in [5.41, 5.74) is 6.53. The van der Waals surface area contributed by atoms with Crippen molar-refractivity contribution < 1.29 is 4.39 Å². The van der Waals surface area contributed by atoms with Crippen molar-refractivity contribution in [3.05, 3.63) is 34.6 Å². The van der Waals surface area contributed by atoms with Crippen molar-refractivity contribution in [3.8, 4) is 0 Å². The molecule has 0 aliphatic rings. The SMILES string of the molecule is CC(C)[C@H](N)c1cc(F)ccc1Cl. The Hall–Kier alpha value is -0.600. The van der Waals surface area contributed by atoms with Crippen LogP contribution < -0.4 is 5.73 Å². The number of halogens is 2. The van der Waals surface area contributed by atoms with Crippen LogP contribution in [-0.4, -0.2) is 0 Å². The second-order valence-electron chi connectivity index (χ2n) is 3.44. The quantitative estimate of drug-likeness (QED) is 0.782. The molecule has 1 aromatic carbocycles. The summed E-state index contributed by atoms with van der Waals surface area (Å²) < 4.78 is 12.9. The minimum absolute atomic E-state index is 0.205. The third-order valence-corrected chi connectivity index (χ3v) is 2.38. The highest BCUT2D eigenvalue weighted by atomic mass is 35.5. The normalized spacial score (nSPS) is 13.4. The molecule has 0 saturated carbocycles. The van der Waals surface area contributed by atoms with Gasteiger partial charge in [-0.05, 0) is 29.7 Å². The van der Waals surface area contributed by atoms with E-state index < -0.39 is 0 Å². The second kappa shape index (κ2) is 4.07. The van der Waals surface area contributed by atoms with E-state index >= 15 is 0 Å². The Morgan fingerprint density at radius 1 is 1.38 bits per heavy atom. The molecule has 0 aliphatic carbocycles. The van der Waals surface area contributed by atoms with Crippen LogP contribution in [0, 0.1) is 11.7 Å². The third-order valence-electron chi connectivity index (χ3n) is 2.04. The smallest absolute Gasteiger partial charge is 0.123 e. The van der Waals surface area contributed by atoms with Crippen molar-refractivity contribution in [3.63, 3.8) is 0 Å². The first kappa shape index (κ1) is 10.5. The molecule has 0 aliphatic heterocycles. The molecule has 1 nitrogen and oxygen atoms in total. The second-order valence-corrected chi connectivity index (χ2v) is 3.84. The van der Waals surface area contributed by atoms with E-state index in [0.717, 1.165) is 0 Å². The molecule has 0 aromatic heterocycles. The molecule has 0 bridgehead atoms. The van der Waals surface area contributed by atoms with Gasteiger partial charge in [0.2, 0.25) is 0 Å². The maximum atomic E-state index is 12.9. The van der Waals surface area contributed by atoms with E-state index in [9.17, 15) is 4.39 Å².